The Morgan fingerprint density at radius 3 is 2.84 bits per heavy atom. The Morgan fingerprint density at radius 1 is 1.36 bits per heavy atom. The van der Waals surface area contributed by atoms with E-state index in [1.165, 1.54) is 18.2 Å². The first-order valence-corrected chi connectivity index (χ1v) is 9.05. The van der Waals surface area contributed by atoms with Crippen LogP contribution in [0.4, 0.5) is 4.39 Å². The average Bonchev–Trinajstić information content (AvgIpc) is 3.28. The second kappa shape index (κ2) is 8.49. The van der Waals surface area contributed by atoms with Gasteiger partial charge in [0.2, 0.25) is 0 Å². The summed E-state index contributed by atoms with van der Waals surface area (Å²) >= 11 is 3.21. The van der Waals surface area contributed by atoms with Gasteiger partial charge in [0.25, 0.3) is 5.91 Å². The summed E-state index contributed by atoms with van der Waals surface area (Å²) in [5.41, 5.74) is 0. The summed E-state index contributed by atoms with van der Waals surface area (Å²) in [6.45, 7) is 2.33. The van der Waals surface area contributed by atoms with Crippen molar-refractivity contribution < 1.29 is 18.3 Å². The molecule has 25 heavy (non-hydrogen) atoms. The minimum atomic E-state index is -0.365. The Kier molecular flexibility index (Phi) is 6.09. The van der Waals surface area contributed by atoms with Crippen molar-refractivity contribution in [3.05, 3.63) is 52.6 Å². The van der Waals surface area contributed by atoms with Crippen molar-refractivity contribution in [2.75, 3.05) is 26.2 Å². The number of amides is 1. The van der Waals surface area contributed by atoms with Gasteiger partial charge in [-0.2, -0.15) is 0 Å². The quantitative estimate of drug-likeness (QED) is 0.758. The molecule has 0 bridgehead atoms. The van der Waals surface area contributed by atoms with E-state index in [0.717, 1.165) is 31.7 Å². The Bertz CT molecular complexity index is 702. The zero-order valence-electron chi connectivity index (χ0n) is 13.7. The highest BCUT2D eigenvalue weighted by molar-refractivity contribution is 9.10. The monoisotopic (exact) mass is 410 g/mol. The summed E-state index contributed by atoms with van der Waals surface area (Å²) in [6.07, 6.45) is 3.97. The summed E-state index contributed by atoms with van der Waals surface area (Å²) in [4.78, 5) is 14.4. The minimum absolute atomic E-state index is 0.0269. The number of nitrogens with one attached hydrogen (secondary N) is 1. The van der Waals surface area contributed by atoms with Crippen LogP contribution in [0.25, 0.3) is 0 Å². The van der Waals surface area contributed by atoms with Gasteiger partial charge in [0.1, 0.15) is 17.3 Å². The molecule has 0 radical (unpaired) electrons. The number of hydrogen-bond acceptors (Lipinski definition) is 4. The third-order valence-electron chi connectivity index (χ3n) is 4.20. The second-order valence-electron chi connectivity index (χ2n) is 5.94. The van der Waals surface area contributed by atoms with Gasteiger partial charge >= 0.3 is 0 Å². The molecule has 134 valence electrons. The van der Waals surface area contributed by atoms with Crippen LogP contribution in [0.5, 0.6) is 5.75 Å². The van der Waals surface area contributed by atoms with E-state index in [2.05, 4.69) is 26.1 Å². The predicted molar refractivity (Wildman–Crippen MR) is 94.9 cm³/mol. The van der Waals surface area contributed by atoms with E-state index in [0.29, 0.717) is 16.8 Å². The van der Waals surface area contributed by atoms with Gasteiger partial charge in [-0.1, -0.05) is 0 Å². The molecule has 2 aromatic rings. The first kappa shape index (κ1) is 17.9. The fourth-order valence-electron chi connectivity index (χ4n) is 2.94. The highest BCUT2D eigenvalue weighted by atomic mass is 79.9. The number of hydrogen-bond donors (Lipinski definition) is 1. The SMILES string of the molecule is O=C(COc1ccc(F)cc1Br)NC[C@@H](c1ccco1)N1CCCC1. The molecule has 1 aliphatic heterocycles. The van der Waals surface area contributed by atoms with Crippen molar-refractivity contribution in [3.8, 4) is 5.75 Å². The fourth-order valence-corrected chi connectivity index (χ4v) is 3.41. The highest BCUT2D eigenvalue weighted by Crippen LogP contribution is 2.26. The summed E-state index contributed by atoms with van der Waals surface area (Å²) < 4.78 is 24.5. The molecular weight excluding hydrogens is 391 g/mol. The molecule has 1 N–H and O–H groups in total. The van der Waals surface area contributed by atoms with Gasteiger partial charge < -0.3 is 14.5 Å². The maximum Gasteiger partial charge on any atom is 0.258 e. The van der Waals surface area contributed by atoms with Crippen LogP contribution >= 0.6 is 15.9 Å². The standard InChI is InChI=1S/C18H20BrFN2O3/c19-14-10-13(20)5-6-16(14)25-12-18(23)21-11-15(17-4-3-9-24-17)22-7-1-2-8-22/h3-6,9-10,15H,1-2,7-8,11-12H2,(H,21,23)/t15-/m0/s1. The first-order chi connectivity index (χ1) is 12.1. The number of nitrogens with zero attached hydrogens (tertiary/aromatic N) is 1. The molecule has 0 saturated carbocycles. The third kappa shape index (κ3) is 4.83. The minimum Gasteiger partial charge on any atom is -0.483 e. The van der Waals surface area contributed by atoms with Crippen LogP contribution in [0.15, 0.2) is 45.5 Å². The molecule has 1 aliphatic rings. The first-order valence-electron chi connectivity index (χ1n) is 8.25. The van der Waals surface area contributed by atoms with Crippen LogP contribution in [0, 0.1) is 5.82 Å². The number of benzene rings is 1. The lowest BCUT2D eigenvalue weighted by Crippen LogP contribution is -2.38. The zero-order valence-corrected chi connectivity index (χ0v) is 15.3. The molecule has 7 heteroatoms. The van der Waals surface area contributed by atoms with E-state index in [1.54, 1.807) is 6.26 Å². The molecule has 0 aliphatic carbocycles. The van der Waals surface area contributed by atoms with Gasteiger partial charge in [0, 0.05) is 6.54 Å². The van der Waals surface area contributed by atoms with Crippen LogP contribution in [0.3, 0.4) is 0 Å². The van der Waals surface area contributed by atoms with Crippen molar-refractivity contribution in [2.45, 2.75) is 18.9 Å². The Labute approximate surface area is 154 Å². The van der Waals surface area contributed by atoms with Crippen molar-refractivity contribution in [3.63, 3.8) is 0 Å². The topological polar surface area (TPSA) is 54.7 Å². The molecule has 1 aromatic carbocycles. The molecule has 0 spiro atoms. The van der Waals surface area contributed by atoms with Crippen LogP contribution in [-0.4, -0.2) is 37.0 Å². The number of ether oxygens (including phenoxy) is 1. The summed E-state index contributed by atoms with van der Waals surface area (Å²) in [6, 6.07) is 7.89. The third-order valence-corrected chi connectivity index (χ3v) is 4.82. The van der Waals surface area contributed by atoms with Crippen molar-refractivity contribution >= 4 is 21.8 Å². The fraction of sp³-hybridized carbons (Fsp3) is 0.389. The van der Waals surface area contributed by atoms with Crippen LogP contribution in [0.1, 0.15) is 24.6 Å². The molecule has 0 unspecified atom stereocenters. The van der Waals surface area contributed by atoms with Crippen LogP contribution in [-0.2, 0) is 4.79 Å². The lowest BCUT2D eigenvalue weighted by atomic mass is 10.2. The average molecular weight is 411 g/mol. The normalized spacial score (nSPS) is 15.9. The van der Waals surface area contributed by atoms with Gasteiger partial charge in [0.15, 0.2) is 6.61 Å². The molecule has 1 atom stereocenters. The van der Waals surface area contributed by atoms with E-state index in [1.807, 2.05) is 12.1 Å². The van der Waals surface area contributed by atoms with E-state index in [9.17, 15) is 9.18 Å². The Hall–Kier alpha value is -1.86. The van der Waals surface area contributed by atoms with Crippen LogP contribution in [0.2, 0.25) is 0 Å². The Morgan fingerprint density at radius 2 is 2.16 bits per heavy atom. The number of carbonyl (C=O) groups excluding carboxylic acids is 1. The van der Waals surface area contributed by atoms with Crippen molar-refractivity contribution in [1.29, 1.82) is 0 Å². The number of halogens is 2. The van der Waals surface area contributed by atoms with Crippen LogP contribution < -0.4 is 10.1 Å². The molecule has 1 fully saturated rings. The molecule has 1 amide bonds. The maximum absolute atomic E-state index is 13.1. The highest BCUT2D eigenvalue weighted by Gasteiger charge is 2.25. The molecule has 1 saturated heterocycles. The summed E-state index contributed by atoms with van der Waals surface area (Å²) in [7, 11) is 0. The van der Waals surface area contributed by atoms with E-state index < -0.39 is 0 Å². The van der Waals surface area contributed by atoms with E-state index >= 15 is 0 Å². The van der Waals surface area contributed by atoms with Crippen molar-refractivity contribution in [1.82, 2.24) is 10.2 Å². The van der Waals surface area contributed by atoms with Gasteiger partial charge in [-0.3, -0.25) is 9.69 Å². The molecular formula is C18H20BrFN2O3. The number of carbonyl (C=O) groups is 1. The molecule has 5 nitrogen and oxygen atoms in total. The van der Waals surface area contributed by atoms with E-state index in [-0.39, 0.29) is 24.4 Å². The number of rotatable bonds is 7. The summed E-state index contributed by atoms with van der Waals surface area (Å²) in [5.74, 6) is 0.686. The lowest BCUT2D eigenvalue weighted by Gasteiger charge is -2.26. The van der Waals surface area contributed by atoms with Gasteiger partial charge in [-0.15, -0.1) is 0 Å². The lowest BCUT2D eigenvalue weighted by molar-refractivity contribution is -0.123. The van der Waals surface area contributed by atoms with Gasteiger partial charge in [-0.25, -0.2) is 4.39 Å². The smallest absolute Gasteiger partial charge is 0.258 e. The summed E-state index contributed by atoms with van der Waals surface area (Å²) in [5, 5.41) is 2.89. The maximum atomic E-state index is 13.1. The zero-order chi connectivity index (χ0) is 17.6. The van der Waals surface area contributed by atoms with Gasteiger partial charge in [0.05, 0.1) is 16.8 Å². The van der Waals surface area contributed by atoms with Crippen molar-refractivity contribution in [2.24, 2.45) is 0 Å². The molecule has 2 heterocycles. The number of likely N-dealkylation sites (tertiary alicyclic amines) is 1. The Balaban J connectivity index is 1.53. The molecule has 3 rings (SSSR count). The van der Waals surface area contributed by atoms with Gasteiger partial charge in [-0.05, 0) is 72.2 Å². The largest absolute Gasteiger partial charge is 0.483 e. The molecule has 1 aromatic heterocycles. The predicted octanol–water partition coefficient (Wildman–Crippen LogP) is 3.51. The second-order valence-corrected chi connectivity index (χ2v) is 6.80. The number of furan rings is 1. The van der Waals surface area contributed by atoms with E-state index in [4.69, 9.17) is 9.15 Å².